The van der Waals surface area contributed by atoms with Crippen LogP contribution in [0.1, 0.15) is 52.0 Å². The van der Waals surface area contributed by atoms with E-state index in [2.05, 4.69) is 21.9 Å². The highest BCUT2D eigenvalue weighted by Gasteiger charge is 2.20. The van der Waals surface area contributed by atoms with Gasteiger partial charge in [-0.1, -0.05) is 32.6 Å². The molecule has 0 unspecified atom stereocenters. The molecule has 0 amide bonds. The van der Waals surface area contributed by atoms with E-state index >= 15 is 0 Å². The van der Waals surface area contributed by atoms with Gasteiger partial charge in [0.2, 0.25) is 5.88 Å². The van der Waals surface area contributed by atoms with E-state index in [9.17, 15) is 5.11 Å². The van der Waals surface area contributed by atoms with Crippen molar-refractivity contribution in [3.8, 4) is 5.88 Å². The smallest absolute Gasteiger partial charge is 0.245 e. The molecule has 2 heterocycles. The lowest BCUT2D eigenvalue weighted by molar-refractivity contribution is 0.110. The molecule has 0 saturated carbocycles. The van der Waals surface area contributed by atoms with Crippen molar-refractivity contribution >= 4 is 11.2 Å². The van der Waals surface area contributed by atoms with Crippen molar-refractivity contribution in [3.63, 3.8) is 0 Å². The summed E-state index contributed by atoms with van der Waals surface area (Å²) >= 11 is 0. The predicted octanol–water partition coefficient (Wildman–Crippen LogP) is 2.73. The maximum absolute atomic E-state index is 10.4. The topological polar surface area (TPSA) is 73.1 Å². The summed E-state index contributed by atoms with van der Waals surface area (Å²) in [7, 11) is 1.56. The van der Waals surface area contributed by atoms with Crippen LogP contribution in [0.2, 0.25) is 0 Å². The van der Waals surface area contributed by atoms with Crippen molar-refractivity contribution in [2.75, 3.05) is 7.11 Å². The average Bonchev–Trinajstić information content (AvgIpc) is 2.94. The first kappa shape index (κ1) is 15.7. The van der Waals surface area contributed by atoms with E-state index in [1.807, 2.05) is 11.5 Å². The van der Waals surface area contributed by atoms with Crippen LogP contribution in [0.4, 0.5) is 0 Å². The fourth-order valence-corrected chi connectivity index (χ4v) is 2.48. The molecule has 2 atom stereocenters. The van der Waals surface area contributed by atoms with E-state index in [-0.39, 0.29) is 6.04 Å². The number of hydrogen-bond acceptors (Lipinski definition) is 5. The average molecular weight is 292 g/mol. The minimum absolute atomic E-state index is 0.0729. The summed E-state index contributed by atoms with van der Waals surface area (Å²) in [6.07, 6.45) is 8.18. The van der Waals surface area contributed by atoms with Gasteiger partial charge in [-0.25, -0.2) is 9.97 Å². The van der Waals surface area contributed by atoms with E-state index in [0.29, 0.717) is 17.0 Å². The Morgan fingerprint density at radius 1 is 1.24 bits per heavy atom. The Labute approximate surface area is 125 Å². The van der Waals surface area contributed by atoms with Gasteiger partial charge in [0.25, 0.3) is 0 Å². The van der Waals surface area contributed by atoms with Gasteiger partial charge in [0.15, 0.2) is 11.2 Å². The second-order valence-electron chi connectivity index (χ2n) is 5.36. The van der Waals surface area contributed by atoms with Crippen molar-refractivity contribution in [2.24, 2.45) is 0 Å². The summed E-state index contributed by atoms with van der Waals surface area (Å²) in [6, 6.07) is -0.0729. The molecule has 0 aromatic carbocycles. The summed E-state index contributed by atoms with van der Waals surface area (Å²) in [5.41, 5.74) is 1.33. The van der Waals surface area contributed by atoms with Gasteiger partial charge in [0, 0.05) is 0 Å². The first-order chi connectivity index (χ1) is 10.2. The minimum atomic E-state index is -0.403. The largest absolute Gasteiger partial charge is 0.479 e. The Morgan fingerprint density at radius 3 is 2.76 bits per heavy atom. The number of fused-ring (bicyclic) bond motifs is 1. The quantitative estimate of drug-likeness (QED) is 0.757. The van der Waals surface area contributed by atoms with Crippen molar-refractivity contribution in [2.45, 2.75) is 58.1 Å². The van der Waals surface area contributed by atoms with E-state index in [1.165, 1.54) is 25.6 Å². The Kier molecular flexibility index (Phi) is 5.50. The lowest BCUT2D eigenvalue weighted by Gasteiger charge is -2.20. The Balaban J connectivity index is 2.10. The summed E-state index contributed by atoms with van der Waals surface area (Å²) < 4.78 is 7.08. The van der Waals surface area contributed by atoms with Crippen LogP contribution in [0.25, 0.3) is 11.2 Å². The lowest BCUT2D eigenvalue weighted by atomic mass is 10.0. The van der Waals surface area contributed by atoms with Crippen LogP contribution in [-0.2, 0) is 0 Å². The highest BCUT2D eigenvalue weighted by atomic mass is 16.5. The zero-order valence-corrected chi connectivity index (χ0v) is 13.0. The first-order valence-corrected chi connectivity index (χ1v) is 7.58. The zero-order valence-electron chi connectivity index (χ0n) is 13.0. The maximum atomic E-state index is 10.4. The van der Waals surface area contributed by atoms with Gasteiger partial charge in [0.1, 0.15) is 6.33 Å². The van der Waals surface area contributed by atoms with E-state index in [4.69, 9.17) is 4.74 Å². The number of aliphatic hydroxyl groups is 1. The molecule has 2 aromatic heterocycles. The molecule has 116 valence electrons. The molecule has 0 aliphatic carbocycles. The summed E-state index contributed by atoms with van der Waals surface area (Å²) in [5, 5.41) is 10.4. The molecule has 6 nitrogen and oxygen atoms in total. The Hall–Kier alpha value is -1.69. The molecule has 0 radical (unpaired) electrons. The Morgan fingerprint density at radius 2 is 2.05 bits per heavy atom. The molecular weight excluding hydrogens is 268 g/mol. The summed E-state index contributed by atoms with van der Waals surface area (Å²) in [5.74, 6) is 0.461. The highest BCUT2D eigenvalue weighted by molar-refractivity contribution is 5.76. The van der Waals surface area contributed by atoms with Crippen molar-refractivity contribution in [1.29, 1.82) is 0 Å². The van der Waals surface area contributed by atoms with Crippen molar-refractivity contribution < 1.29 is 9.84 Å². The van der Waals surface area contributed by atoms with Gasteiger partial charge in [-0.2, -0.15) is 4.98 Å². The fourth-order valence-electron chi connectivity index (χ4n) is 2.48. The molecule has 0 fully saturated rings. The molecule has 1 N–H and O–H groups in total. The van der Waals surface area contributed by atoms with E-state index in [0.717, 1.165) is 12.8 Å². The van der Waals surface area contributed by atoms with Crippen LogP contribution in [0, 0.1) is 0 Å². The normalized spacial score (nSPS) is 14.3. The molecule has 0 aliphatic rings. The van der Waals surface area contributed by atoms with Gasteiger partial charge >= 0.3 is 0 Å². The number of aromatic nitrogens is 4. The first-order valence-electron chi connectivity index (χ1n) is 7.58. The SMILES string of the molecule is CCCCCC[C@H](O)[C@@H](C)n1cnc2c(OC)ncnc21. The summed E-state index contributed by atoms with van der Waals surface area (Å²) in [4.78, 5) is 12.6. The minimum Gasteiger partial charge on any atom is -0.479 e. The lowest BCUT2D eigenvalue weighted by Crippen LogP contribution is -2.21. The molecule has 2 rings (SSSR count). The molecule has 21 heavy (non-hydrogen) atoms. The maximum Gasteiger partial charge on any atom is 0.245 e. The van der Waals surface area contributed by atoms with Crippen LogP contribution in [-0.4, -0.2) is 37.8 Å². The van der Waals surface area contributed by atoms with Crippen LogP contribution in [0.15, 0.2) is 12.7 Å². The molecule has 0 saturated heterocycles. The number of aliphatic hydroxyl groups excluding tert-OH is 1. The van der Waals surface area contributed by atoms with Crippen LogP contribution in [0.3, 0.4) is 0 Å². The fraction of sp³-hybridized carbons (Fsp3) is 0.667. The third-order valence-electron chi connectivity index (χ3n) is 3.87. The standard InChI is InChI=1S/C15H24N4O2/c1-4-5-6-7-8-12(20)11(2)19-10-18-13-14(19)16-9-17-15(13)21-3/h9-12,20H,4-8H2,1-3H3/t11-,12+/m1/s1. The van der Waals surface area contributed by atoms with E-state index < -0.39 is 6.10 Å². The number of methoxy groups -OCH3 is 1. The van der Waals surface area contributed by atoms with Gasteiger partial charge in [-0.15, -0.1) is 0 Å². The number of ether oxygens (including phenoxy) is 1. The number of hydrogen-bond donors (Lipinski definition) is 1. The number of imidazole rings is 1. The zero-order chi connectivity index (χ0) is 15.2. The number of nitrogens with zero attached hydrogens (tertiary/aromatic N) is 4. The molecule has 0 aliphatic heterocycles. The second-order valence-corrected chi connectivity index (χ2v) is 5.36. The molecule has 6 heteroatoms. The number of rotatable bonds is 8. The van der Waals surface area contributed by atoms with E-state index in [1.54, 1.807) is 13.4 Å². The van der Waals surface area contributed by atoms with Gasteiger partial charge in [-0.3, -0.25) is 0 Å². The molecule has 0 bridgehead atoms. The third kappa shape index (κ3) is 3.50. The third-order valence-corrected chi connectivity index (χ3v) is 3.87. The predicted molar refractivity (Wildman–Crippen MR) is 81.4 cm³/mol. The Bertz CT molecular complexity index is 570. The highest BCUT2D eigenvalue weighted by Crippen LogP contribution is 2.24. The summed E-state index contributed by atoms with van der Waals surface area (Å²) in [6.45, 7) is 4.17. The van der Waals surface area contributed by atoms with Gasteiger partial charge < -0.3 is 14.4 Å². The van der Waals surface area contributed by atoms with Crippen molar-refractivity contribution in [3.05, 3.63) is 12.7 Å². The molecule has 0 spiro atoms. The second kappa shape index (κ2) is 7.36. The number of unbranched alkanes of at least 4 members (excludes halogenated alkanes) is 3. The van der Waals surface area contributed by atoms with Crippen LogP contribution in [0.5, 0.6) is 5.88 Å². The van der Waals surface area contributed by atoms with Gasteiger partial charge in [-0.05, 0) is 13.3 Å². The molecule has 2 aromatic rings. The molecular formula is C15H24N4O2. The van der Waals surface area contributed by atoms with Crippen molar-refractivity contribution in [1.82, 2.24) is 19.5 Å². The van der Waals surface area contributed by atoms with Crippen LogP contribution >= 0.6 is 0 Å². The van der Waals surface area contributed by atoms with Gasteiger partial charge in [0.05, 0.1) is 25.6 Å². The monoisotopic (exact) mass is 292 g/mol. The van der Waals surface area contributed by atoms with Crippen LogP contribution < -0.4 is 4.74 Å².